The molecule has 0 aliphatic carbocycles. The summed E-state index contributed by atoms with van der Waals surface area (Å²) in [6, 6.07) is 0.219. The normalized spacial score (nSPS) is 11.2. The lowest BCUT2D eigenvalue weighted by Crippen LogP contribution is -2.35. The lowest BCUT2D eigenvalue weighted by Gasteiger charge is -2.09. The number of aromatic nitrogens is 6. The maximum atomic E-state index is 12.5. The lowest BCUT2D eigenvalue weighted by atomic mass is 10.6. The average Bonchev–Trinajstić information content (AvgIpc) is 2.97. The molecule has 0 fully saturated rings. The molecule has 0 aliphatic rings. The first kappa shape index (κ1) is 18.5. The van der Waals surface area contributed by atoms with Crippen LogP contribution in [0.1, 0.15) is 0 Å². The van der Waals surface area contributed by atoms with Crippen molar-refractivity contribution in [3.05, 3.63) is 23.6 Å². The van der Waals surface area contributed by atoms with E-state index in [0.717, 1.165) is 4.52 Å². The number of hydrogen-bond donors (Lipinski definition) is 2. The van der Waals surface area contributed by atoms with Crippen LogP contribution in [0.2, 0.25) is 5.15 Å². The molecule has 2 amide bonds. The van der Waals surface area contributed by atoms with Crippen molar-refractivity contribution in [2.24, 2.45) is 0 Å². The van der Waals surface area contributed by atoms with E-state index < -0.39 is 26.2 Å². The Morgan fingerprint density at radius 3 is 2.44 bits per heavy atom. The summed E-state index contributed by atoms with van der Waals surface area (Å²) in [6.07, 6.45) is 2.54. The Morgan fingerprint density at radius 2 is 1.81 bits per heavy atom. The average molecular weight is 415 g/mol. The molecule has 142 valence electrons. The molecule has 0 aromatic carbocycles. The minimum atomic E-state index is -4.44. The smallest absolute Gasteiger partial charge is 0.335 e. The van der Waals surface area contributed by atoms with Gasteiger partial charge in [-0.2, -0.15) is 33.0 Å². The number of methoxy groups -OCH3 is 2. The Kier molecular flexibility index (Phi) is 4.91. The van der Waals surface area contributed by atoms with Gasteiger partial charge in [0, 0.05) is 0 Å². The van der Waals surface area contributed by atoms with E-state index in [0.29, 0.717) is 0 Å². The van der Waals surface area contributed by atoms with Gasteiger partial charge in [-0.05, 0) is 0 Å². The summed E-state index contributed by atoms with van der Waals surface area (Å²) in [5.41, 5.74) is 0. The van der Waals surface area contributed by atoms with Crippen molar-refractivity contribution in [1.29, 1.82) is 0 Å². The van der Waals surface area contributed by atoms with Crippen LogP contribution in [-0.4, -0.2) is 58.2 Å². The number of ether oxygens (including phenoxy) is 2. The first-order valence-electron chi connectivity index (χ1n) is 7.00. The van der Waals surface area contributed by atoms with Crippen molar-refractivity contribution in [3.63, 3.8) is 0 Å². The number of carbonyl (C=O) groups is 1. The highest BCUT2D eigenvalue weighted by Crippen LogP contribution is 2.21. The zero-order valence-electron chi connectivity index (χ0n) is 13.7. The quantitative estimate of drug-likeness (QED) is 0.584. The van der Waals surface area contributed by atoms with Crippen LogP contribution in [0.5, 0.6) is 11.8 Å². The number of hydrogen-bond acceptors (Lipinski definition) is 10. The highest BCUT2D eigenvalue weighted by atomic mass is 35.5. The van der Waals surface area contributed by atoms with E-state index in [1.54, 1.807) is 4.72 Å². The highest BCUT2D eigenvalue weighted by Gasteiger charge is 2.28. The van der Waals surface area contributed by atoms with Gasteiger partial charge in [0.2, 0.25) is 22.7 Å². The molecule has 3 aromatic heterocycles. The SMILES string of the molecule is COc1cc(OC)nc(NC(=O)NS(=O)(=O)c2c(Cl)nc3nccnn23)n1. The number of urea groups is 1. The molecule has 3 heterocycles. The maximum Gasteiger partial charge on any atom is 0.335 e. The van der Waals surface area contributed by atoms with Crippen LogP contribution in [0, 0.1) is 0 Å². The summed E-state index contributed by atoms with van der Waals surface area (Å²) in [7, 11) is -1.74. The van der Waals surface area contributed by atoms with E-state index in [2.05, 4.69) is 30.4 Å². The second-order valence-electron chi connectivity index (χ2n) is 4.70. The van der Waals surface area contributed by atoms with Crippen LogP contribution in [0.3, 0.4) is 0 Å². The van der Waals surface area contributed by atoms with Gasteiger partial charge in [-0.25, -0.2) is 14.5 Å². The van der Waals surface area contributed by atoms with Crippen molar-refractivity contribution in [2.75, 3.05) is 19.5 Å². The Hall–Kier alpha value is -3.26. The fourth-order valence-corrected chi connectivity index (χ4v) is 3.41. The van der Waals surface area contributed by atoms with Gasteiger partial charge >= 0.3 is 6.03 Å². The van der Waals surface area contributed by atoms with E-state index >= 15 is 0 Å². The zero-order chi connectivity index (χ0) is 19.6. The van der Waals surface area contributed by atoms with E-state index in [1.807, 2.05) is 0 Å². The summed E-state index contributed by atoms with van der Waals surface area (Å²) < 4.78 is 37.5. The molecule has 0 atom stereocenters. The summed E-state index contributed by atoms with van der Waals surface area (Å²) in [6.45, 7) is 0. The molecule has 15 heteroatoms. The molecule has 0 radical (unpaired) electrons. The fraction of sp³-hybridized carbons (Fsp3) is 0.167. The number of rotatable bonds is 5. The number of halogens is 1. The summed E-state index contributed by atoms with van der Waals surface area (Å²) in [4.78, 5) is 27.4. The molecule has 27 heavy (non-hydrogen) atoms. The number of anilines is 1. The fourth-order valence-electron chi connectivity index (χ4n) is 1.94. The van der Waals surface area contributed by atoms with Gasteiger partial charge in [0.1, 0.15) is 0 Å². The molecule has 3 aromatic rings. The van der Waals surface area contributed by atoms with Gasteiger partial charge in [0.15, 0.2) is 5.15 Å². The molecule has 0 aliphatic heterocycles. The van der Waals surface area contributed by atoms with Crippen LogP contribution < -0.4 is 19.5 Å². The van der Waals surface area contributed by atoms with Crippen molar-refractivity contribution in [3.8, 4) is 11.8 Å². The number of fused-ring (bicyclic) bond motifs is 1. The molecular formula is C12H11ClN8O5S. The van der Waals surface area contributed by atoms with E-state index in [4.69, 9.17) is 21.1 Å². The van der Waals surface area contributed by atoms with E-state index in [9.17, 15) is 13.2 Å². The van der Waals surface area contributed by atoms with Gasteiger partial charge in [-0.3, -0.25) is 5.32 Å². The van der Waals surface area contributed by atoms with Crippen LogP contribution >= 0.6 is 11.6 Å². The predicted octanol–water partition coefficient (Wildman–Crippen LogP) is 0.0953. The maximum absolute atomic E-state index is 12.5. The summed E-state index contributed by atoms with van der Waals surface area (Å²) >= 11 is 5.85. The Morgan fingerprint density at radius 1 is 1.15 bits per heavy atom. The van der Waals surface area contributed by atoms with Crippen molar-refractivity contribution < 1.29 is 22.7 Å². The Bertz CT molecular complexity index is 1100. The van der Waals surface area contributed by atoms with E-state index in [1.165, 1.54) is 32.7 Å². The predicted molar refractivity (Wildman–Crippen MR) is 90.3 cm³/mol. The minimum absolute atomic E-state index is 0.0517. The largest absolute Gasteiger partial charge is 0.481 e. The first-order valence-corrected chi connectivity index (χ1v) is 8.86. The highest BCUT2D eigenvalue weighted by molar-refractivity contribution is 7.90. The second kappa shape index (κ2) is 7.16. The molecule has 0 spiro atoms. The van der Waals surface area contributed by atoms with Crippen LogP contribution in [0.25, 0.3) is 5.78 Å². The third-order valence-electron chi connectivity index (χ3n) is 3.00. The lowest BCUT2D eigenvalue weighted by molar-refractivity contribution is 0.256. The van der Waals surface area contributed by atoms with Gasteiger partial charge in [0.05, 0.1) is 32.7 Å². The minimum Gasteiger partial charge on any atom is -0.481 e. The van der Waals surface area contributed by atoms with Gasteiger partial charge in [-0.15, -0.1) is 0 Å². The second-order valence-corrected chi connectivity index (χ2v) is 6.65. The number of nitrogens with one attached hydrogen (secondary N) is 2. The third-order valence-corrected chi connectivity index (χ3v) is 4.70. The zero-order valence-corrected chi connectivity index (χ0v) is 15.3. The molecule has 0 bridgehead atoms. The van der Waals surface area contributed by atoms with Crippen LogP contribution in [-0.2, 0) is 10.0 Å². The molecule has 0 unspecified atom stereocenters. The first-order chi connectivity index (χ1) is 12.8. The number of nitrogens with zero attached hydrogens (tertiary/aromatic N) is 6. The molecule has 2 N–H and O–H groups in total. The van der Waals surface area contributed by atoms with Gasteiger partial charge in [-0.1, -0.05) is 11.6 Å². The number of carbonyl (C=O) groups excluding carboxylic acids is 1. The van der Waals surface area contributed by atoms with Crippen LogP contribution in [0.15, 0.2) is 23.5 Å². The monoisotopic (exact) mass is 414 g/mol. The van der Waals surface area contributed by atoms with Crippen LogP contribution in [0.4, 0.5) is 10.7 Å². The van der Waals surface area contributed by atoms with Crippen molar-refractivity contribution in [2.45, 2.75) is 5.03 Å². The van der Waals surface area contributed by atoms with Gasteiger partial charge in [0.25, 0.3) is 15.8 Å². The number of sulfonamides is 1. The standard InChI is InChI=1S/C12H11ClN8O5S/c1-25-6-5-7(26-2)17-10(16-6)19-12(22)20-27(23,24)9-8(13)18-11-14-3-4-15-21(9)11/h3-5H,1-2H3,(H2,16,17,19,20,22). The molecule has 0 saturated carbocycles. The molecule has 3 rings (SSSR count). The van der Waals surface area contributed by atoms with Crippen molar-refractivity contribution >= 4 is 39.4 Å². The molecule has 0 saturated heterocycles. The van der Waals surface area contributed by atoms with Crippen molar-refractivity contribution in [1.82, 2.24) is 34.3 Å². The summed E-state index contributed by atoms with van der Waals surface area (Å²) in [5, 5.41) is 5.01. The number of amides is 2. The number of imidazole rings is 1. The van der Waals surface area contributed by atoms with Gasteiger partial charge < -0.3 is 9.47 Å². The Labute approximate surface area is 156 Å². The molecule has 13 nitrogen and oxygen atoms in total. The summed E-state index contributed by atoms with van der Waals surface area (Å²) in [5.74, 6) is -0.104. The molecular weight excluding hydrogens is 404 g/mol. The third kappa shape index (κ3) is 3.80. The topological polar surface area (TPSA) is 163 Å². The Balaban J connectivity index is 1.86. The van der Waals surface area contributed by atoms with E-state index in [-0.39, 0.29) is 23.5 Å².